The van der Waals surface area contributed by atoms with Gasteiger partial charge in [0.05, 0.1) is 0 Å². The fraction of sp³-hybridized carbons (Fsp3) is 0.667. The minimum atomic E-state index is 0.768. The molecular formula is C18H27NS. The highest BCUT2D eigenvalue weighted by atomic mass is 32.2. The Bertz CT molecular complexity index is 445. The minimum Gasteiger partial charge on any atom is -0.314 e. The van der Waals surface area contributed by atoms with Gasteiger partial charge < -0.3 is 5.32 Å². The van der Waals surface area contributed by atoms with Gasteiger partial charge in [0.25, 0.3) is 0 Å². The molecule has 110 valence electrons. The molecular weight excluding hydrogens is 262 g/mol. The molecule has 20 heavy (non-hydrogen) atoms. The Hall–Kier alpha value is -0.470. The van der Waals surface area contributed by atoms with Crippen LogP contribution in [0.15, 0.2) is 29.2 Å². The summed E-state index contributed by atoms with van der Waals surface area (Å²) in [5, 5.41) is 3.75. The molecule has 3 rings (SSSR count). The lowest BCUT2D eigenvalue weighted by molar-refractivity contribution is 0.325. The van der Waals surface area contributed by atoms with Gasteiger partial charge in [-0.2, -0.15) is 0 Å². The van der Waals surface area contributed by atoms with Crippen molar-refractivity contribution in [1.29, 1.82) is 0 Å². The van der Waals surface area contributed by atoms with Crippen molar-refractivity contribution in [2.24, 2.45) is 11.8 Å². The van der Waals surface area contributed by atoms with E-state index in [1.54, 1.807) is 5.56 Å². The highest BCUT2D eigenvalue weighted by Crippen LogP contribution is 2.46. The zero-order valence-electron chi connectivity index (χ0n) is 12.8. The lowest BCUT2D eigenvalue weighted by atomic mass is 9.84. The van der Waals surface area contributed by atoms with Gasteiger partial charge in [0.1, 0.15) is 0 Å². The van der Waals surface area contributed by atoms with Crippen molar-refractivity contribution >= 4 is 11.8 Å². The lowest BCUT2D eigenvalue weighted by Crippen LogP contribution is -2.33. The minimum absolute atomic E-state index is 0.768. The van der Waals surface area contributed by atoms with E-state index in [1.807, 2.05) is 0 Å². The van der Waals surface area contributed by atoms with Crippen molar-refractivity contribution in [2.75, 3.05) is 12.3 Å². The Balaban J connectivity index is 1.60. The predicted octanol–water partition coefficient (Wildman–Crippen LogP) is 4.68. The van der Waals surface area contributed by atoms with Gasteiger partial charge in [-0.25, -0.2) is 0 Å². The van der Waals surface area contributed by atoms with Crippen LogP contribution >= 0.6 is 11.8 Å². The highest BCUT2D eigenvalue weighted by Gasteiger charge is 2.35. The van der Waals surface area contributed by atoms with Crippen LogP contribution in [0.1, 0.15) is 51.0 Å². The molecule has 1 aliphatic carbocycles. The monoisotopic (exact) mass is 289 g/mol. The molecule has 1 saturated carbocycles. The third kappa shape index (κ3) is 2.92. The van der Waals surface area contributed by atoms with E-state index in [-0.39, 0.29) is 0 Å². The second kappa shape index (κ2) is 6.53. The first-order chi connectivity index (χ1) is 9.79. The Labute approximate surface area is 127 Å². The summed E-state index contributed by atoms with van der Waals surface area (Å²) < 4.78 is 0. The third-order valence-electron chi connectivity index (χ3n) is 5.27. The largest absolute Gasteiger partial charge is 0.314 e. The summed E-state index contributed by atoms with van der Waals surface area (Å²) in [7, 11) is 0. The number of hydrogen-bond acceptors (Lipinski definition) is 2. The quantitative estimate of drug-likeness (QED) is 0.844. The molecule has 0 radical (unpaired) electrons. The van der Waals surface area contributed by atoms with Crippen LogP contribution in [-0.2, 0) is 0 Å². The van der Waals surface area contributed by atoms with Crippen molar-refractivity contribution in [1.82, 2.24) is 5.32 Å². The first-order valence-electron chi connectivity index (χ1n) is 8.24. The number of rotatable bonds is 5. The molecule has 1 nitrogen and oxygen atoms in total. The smallest absolute Gasteiger partial charge is 0.0107 e. The molecule has 0 spiro atoms. The molecule has 1 heterocycles. The van der Waals surface area contributed by atoms with Gasteiger partial charge in [-0.15, -0.1) is 11.8 Å². The van der Waals surface area contributed by atoms with Gasteiger partial charge in [0, 0.05) is 16.7 Å². The van der Waals surface area contributed by atoms with E-state index in [2.05, 4.69) is 55.2 Å². The molecule has 0 amide bonds. The molecule has 4 atom stereocenters. The summed E-state index contributed by atoms with van der Waals surface area (Å²) in [5.41, 5.74) is 1.62. The Kier molecular flexibility index (Phi) is 4.72. The van der Waals surface area contributed by atoms with Crippen molar-refractivity contribution < 1.29 is 0 Å². The van der Waals surface area contributed by atoms with E-state index in [0.717, 1.165) is 23.8 Å². The number of thioether (sulfide) groups is 1. The van der Waals surface area contributed by atoms with Crippen molar-refractivity contribution in [3.8, 4) is 0 Å². The number of benzene rings is 1. The van der Waals surface area contributed by atoms with Gasteiger partial charge in [0.2, 0.25) is 0 Å². The van der Waals surface area contributed by atoms with E-state index in [4.69, 9.17) is 0 Å². The fourth-order valence-electron chi connectivity index (χ4n) is 3.99. The summed E-state index contributed by atoms with van der Waals surface area (Å²) in [6.07, 6.45) is 5.45. The van der Waals surface area contributed by atoms with E-state index in [0.29, 0.717) is 0 Å². The average molecular weight is 289 g/mol. The van der Waals surface area contributed by atoms with Crippen LogP contribution in [0.3, 0.4) is 0 Å². The molecule has 2 aliphatic rings. The second-order valence-electron chi connectivity index (χ2n) is 6.54. The maximum Gasteiger partial charge on any atom is 0.0107 e. The molecule has 1 aromatic carbocycles. The van der Waals surface area contributed by atoms with Gasteiger partial charge in [-0.05, 0) is 61.6 Å². The Morgan fingerprint density at radius 3 is 2.95 bits per heavy atom. The maximum atomic E-state index is 3.75. The summed E-state index contributed by atoms with van der Waals surface area (Å²) >= 11 is 2.06. The normalized spacial score (nSPS) is 32.5. The summed E-state index contributed by atoms with van der Waals surface area (Å²) in [5.74, 6) is 3.87. The van der Waals surface area contributed by atoms with E-state index in [9.17, 15) is 0 Å². The van der Waals surface area contributed by atoms with Gasteiger partial charge in [0.15, 0.2) is 0 Å². The van der Waals surface area contributed by atoms with Crippen LogP contribution in [0.2, 0.25) is 0 Å². The molecule has 0 bridgehead atoms. The number of fused-ring (bicyclic) bond motifs is 1. The van der Waals surface area contributed by atoms with Crippen LogP contribution in [0.25, 0.3) is 0 Å². The van der Waals surface area contributed by atoms with Crippen molar-refractivity contribution in [3.63, 3.8) is 0 Å². The van der Waals surface area contributed by atoms with Crippen LogP contribution in [0, 0.1) is 11.8 Å². The predicted molar refractivity (Wildman–Crippen MR) is 88.5 cm³/mol. The summed E-state index contributed by atoms with van der Waals surface area (Å²) in [4.78, 5) is 1.53. The van der Waals surface area contributed by atoms with Gasteiger partial charge in [-0.1, -0.05) is 32.0 Å². The van der Waals surface area contributed by atoms with Gasteiger partial charge >= 0.3 is 0 Å². The van der Waals surface area contributed by atoms with Crippen LogP contribution in [0.4, 0.5) is 0 Å². The van der Waals surface area contributed by atoms with E-state index >= 15 is 0 Å². The van der Waals surface area contributed by atoms with Gasteiger partial charge in [-0.3, -0.25) is 0 Å². The average Bonchev–Trinajstić information content (AvgIpc) is 3.03. The summed E-state index contributed by atoms with van der Waals surface area (Å²) in [6.45, 7) is 5.92. The Morgan fingerprint density at radius 1 is 1.25 bits per heavy atom. The number of hydrogen-bond donors (Lipinski definition) is 1. The molecule has 2 heteroatoms. The number of nitrogens with one attached hydrogen (secondary N) is 1. The van der Waals surface area contributed by atoms with Crippen molar-refractivity contribution in [3.05, 3.63) is 29.8 Å². The second-order valence-corrected chi connectivity index (χ2v) is 7.60. The molecule has 1 fully saturated rings. The SMILES string of the molecule is CCCNC1CCC(CC2CSc3ccccc32)C1C. The zero-order valence-corrected chi connectivity index (χ0v) is 13.6. The van der Waals surface area contributed by atoms with Crippen molar-refractivity contribution in [2.45, 2.75) is 56.4 Å². The molecule has 0 aromatic heterocycles. The first kappa shape index (κ1) is 14.5. The first-order valence-corrected chi connectivity index (χ1v) is 9.23. The van der Waals surface area contributed by atoms with Crippen LogP contribution < -0.4 is 5.32 Å². The third-order valence-corrected chi connectivity index (χ3v) is 6.52. The standard InChI is InChI=1S/C18H27NS/c1-3-10-19-17-9-8-14(13(17)2)11-15-12-20-18-7-5-4-6-16(15)18/h4-7,13-15,17,19H,3,8-12H2,1-2H3. The Morgan fingerprint density at radius 2 is 2.10 bits per heavy atom. The topological polar surface area (TPSA) is 12.0 Å². The zero-order chi connectivity index (χ0) is 13.9. The highest BCUT2D eigenvalue weighted by molar-refractivity contribution is 7.99. The van der Waals surface area contributed by atoms with Crippen LogP contribution in [0.5, 0.6) is 0 Å². The molecule has 0 saturated heterocycles. The summed E-state index contributed by atoms with van der Waals surface area (Å²) in [6, 6.07) is 9.80. The fourth-order valence-corrected chi connectivity index (χ4v) is 5.26. The molecule has 1 N–H and O–H groups in total. The van der Waals surface area contributed by atoms with E-state index < -0.39 is 0 Å². The molecule has 1 aromatic rings. The van der Waals surface area contributed by atoms with E-state index in [1.165, 1.54) is 42.9 Å². The molecule has 1 aliphatic heterocycles. The van der Waals surface area contributed by atoms with Crippen LogP contribution in [-0.4, -0.2) is 18.3 Å². The lowest BCUT2D eigenvalue weighted by Gasteiger charge is -2.24. The maximum absolute atomic E-state index is 3.75. The molecule has 4 unspecified atom stereocenters.